The summed E-state index contributed by atoms with van der Waals surface area (Å²) in [5.74, 6) is 0. The number of rotatable bonds is 2. The Kier molecular flexibility index (Phi) is 3.00. The third kappa shape index (κ3) is 2.17. The van der Waals surface area contributed by atoms with Crippen molar-refractivity contribution in [3.63, 3.8) is 0 Å². The van der Waals surface area contributed by atoms with Crippen LogP contribution in [0.4, 0.5) is 0 Å². The van der Waals surface area contributed by atoms with Crippen molar-refractivity contribution in [1.29, 1.82) is 0 Å². The summed E-state index contributed by atoms with van der Waals surface area (Å²) in [7, 11) is 0. The molecule has 15 heavy (non-hydrogen) atoms. The number of aromatic nitrogens is 1. The highest BCUT2D eigenvalue weighted by atomic mass is 16.3. The smallest absolute Gasteiger partial charge is 0.108 e. The minimum atomic E-state index is -1.12. The van der Waals surface area contributed by atoms with E-state index < -0.39 is 5.60 Å². The quantitative estimate of drug-likeness (QED) is 0.620. The Hall–Kier alpha value is -0.970. The minimum absolute atomic E-state index is 0.0737. The van der Waals surface area contributed by atoms with Crippen LogP contribution in [-0.2, 0) is 5.60 Å². The van der Waals surface area contributed by atoms with Crippen molar-refractivity contribution in [2.24, 2.45) is 0 Å². The lowest BCUT2D eigenvalue weighted by Crippen LogP contribution is -2.57. The maximum Gasteiger partial charge on any atom is 0.108 e. The molecule has 1 aromatic heterocycles. The molecule has 1 radical (unpaired) electrons. The van der Waals surface area contributed by atoms with Crippen LogP contribution < -0.4 is 10.6 Å². The average molecular weight is 206 g/mol. The van der Waals surface area contributed by atoms with Gasteiger partial charge in [-0.2, -0.15) is 0 Å². The lowest BCUT2D eigenvalue weighted by molar-refractivity contribution is 0.0363. The van der Waals surface area contributed by atoms with Gasteiger partial charge in [-0.25, -0.2) is 0 Å². The maximum atomic E-state index is 10.4. The fourth-order valence-electron chi connectivity index (χ4n) is 1.81. The van der Waals surface area contributed by atoms with Crippen molar-refractivity contribution in [3.8, 4) is 0 Å². The number of hydrogen-bond acceptors (Lipinski definition) is 4. The van der Waals surface area contributed by atoms with Gasteiger partial charge < -0.3 is 15.7 Å². The third-order valence-electron chi connectivity index (χ3n) is 2.78. The molecule has 4 nitrogen and oxygen atoms in total. The second-order valence-corrected chi connectivity index (χ2v) is 3.88. The van der Waals surface area contributed by atoms with E-state index >= 15 is 0 Å². The monoisotopic (exact) mass is 206 g/mol. The average Bonchev–Trinajstić information content (AvgIpc) is 2.31. The summed E-state index contributed by atoms with van der Waals surface area (Å²) in [4.78, 5) is 4.00. The molecular formula is C11H16N3O. The normalized spacial score (nSPS) is 25.9. The van der Waals surface area contributed by atoms with Crippen LogP contribution in [0.2, 0.25) is 0 Å². The van der Waals surface area contributed by atoms with Gasteiger partial charge in [0.15, 0.2) is 0 Å². The minimum Gasteiger partial charge on any atom is -0.383 e. The molecule has 4 heteroatoms. The predicted octanol–water partition coefficient (Wildman–Crippen LogP) is -0.335. The van der Waals surface area contributed by atoms with E-state index in [0.29, 0.717) is 0 Å². The third-order valence-corrected chi connectivity index (χ3v) is 2.78. The molecular weight excluding hydrogens is 190 g/mol. The molecule has 0 saturated carbocycles. The molecule has 1 aliphatic heterocycles. The molecule has 0 aliphatic carbocycles. The van der Waals surface area contributed by atoms with Gasteiger partial charge in [0.05, 0.1) is 6.04 Å². The molecule has 1 fully saturated rings. The number of hydrogen-bond donors (Lipinski definition) is 3. The van der Waals surface area contributed by atoms with Crippen LogP contribution in [0.5, 0.6) is 0 Å². The van der Waals surface area contributed by atoms with E-state index in [1.165, 1.54) is 0 Å². The lowest BCUT2D eigenvalue weighted by Gasteiger charge is -2.36. The Balaban J connectivity index is 2.18. The molecule has 1 aromatic rings. The van der Waals surface area contributed by atoms with Crippen LogP contribution in [0.25, 0.3) is 0 Å². The molecule has 2 heterocycles. The van der Waals surface area contributed by atoms with E-state index in [2.05, 4.69) is 22.5 Å². The summed E-state index contributed by atoms with van der Waals surface area (Å²) >= 11 is 0. The van der Waals surface area contributed by atoms with Crippen LogP contribution in [0, 0.1) is 6.92 Å². The van der Waals surface area contributed by atoms with E-state index in [1.807, 2.05) is 12.1 Å². The van der Waals surface area contributed by atoms with Crippen molar-refractivity contribution < 1.29 is 5.11 Å². The maximum absolute atomic E-state index is 10.4. The van der Waals surface area contributed by atoms with Crippen molar-refractivity contribution in [2.75, 3.05) is 19.6 Å². The Morgan fingerprint density at radius 3 is 3.00 bits per heavy atom. The Labute approximate surface area is 89.7 Å². The molecule has 1 saturated heterocycles. The number of aliphatic hydroxyl groups is 1. The molecule has 2 rings (SSSR count). The largest absolute Gasteiger partial charge is 0.383 e. The van der Waals surface area contributed by atoms with E-state index in [4.69, 9.17) is 0 Å². The highest BCUT2D eigenvalue weighted by Crippen LogP contribution is 2.23. The van der Waals surface area contributed by atoms with Gasteiger partial charge in [0.1, 0.15) is 5.60 Å². The number of nitrogens with one attached hydrogen (secondary N) is 2. The van der Waals surface area contributed by atoms with Crippen LogP contribution in [0.1, 0.15) is 5.56 Å². The van der Waals surface area contributed by atoms with Crippen molar-refractivity contribution in [1.82, 2.24) is 15.6 Å². The van der Waals surface area contributed by atoms with Gasteiger partial charge in [-0.05, 0) is 13.0 Å². The summed E-state index contributed by atoms with van der Waals surface area (Å²) < 4.78 is 0. The molecule has 0 spiro atoms. The molecule has 2 atom stereocenters. The number of pyridine rings is 1. The van der Waals surface area contributed by atoms with Gasteiger partial charge in [0.2, 0.25) is 0 Å². The molecule has 0 aromatic carbocycles. The zero-order chi connectivity index (χ0) is 10.7. The van der Waals surface area contributed by atoms with E-state index in [0.717, 1.165) is 25.2 Å². The number of piperazine rings is 1. The van der Waals surface area contributed by atoms with Crippen molar-refractivity contribution >= 4 is 0 Å². The summed E-state index contributed by atoms with van der Waals surface area (Å²) in [6, 6.07) is 3.58. The topological polar surface area (TPSA) is 57.2 Å². The first-order valence-corrected chi connectivity index (χ1v) is 5.13. The van der Waals surface area contributed by atoms with Crippen molar-refractivity contribution in [3.05, 3.63) is 37.0 Å². The fraction of sp³-hybridized carbons (Fsp3) is 0.455. The Morgan fingerprint density at radius 2 is 2.40 bits per heavy atom. The molecule has 3 N–H and O–H groups in total. The molecule has 81 valence electrons. The van der Waals surface area contributed by atoms with Gasteiger partial charge in [0.25, 0.3) is 0 Å². The van der Waals surface area contributed by atoms with Gasteiger partial charge in [-0.1, -0.05) is 6.07 Å². The zero-order valence-electron chi connectivity index (χ0n) is 8.61. The molecule has 2 unspecified atom stereocenters. The fourth-order valence-corrected chi connectivity index (χ4v) is 1.81. The van der Waals surface area contributed by atoms with E-state index in [9.17, 15) is 5.11 Å². The Morgan fingerprint density at radius 1 is 1.53 bits per heavy atom. The van der Waals surface area contributed by atoms with Crippen LogP contribution >= 0.6 is 0 Å². The van der Waals surface area contributed by atoms with Gasteiger partial charge in [-0.15, -0.1) is 0 Å². The Bertz CT molecular complexity index is 307. The van der Waals surface area contributed by atoms with Crippen LogP contribution in [0.15, 0.2) is 24.5 Å². The standard InChI is InChI=1S/C11H16N3O/c1-11(15,9-3-2-4-12-7-9)10-8-13-5-6-14-10/h2-4,7,10,13-15H,1,5-6,8H2. The second-order valence-electron chi connectivity index (χ2n) is 3.88. The highest BCUT2D eigenvalue weighted by Gasteiger charge is 2.34. The van der Waals surface area contributed by atoms with Gasteiger partial charge in [-0.3, -0.25) is 4.98 Å². The van der Waals surface area contributed by atoms with Crippen LogP contribution in [-0.4, -0.2) is 35.8 Å². The molecule has 0 amide bonds. The number of nitrogens with zero attached hydrogens (tertiary/aromatic N) is 1. The molecule has 1 aliphatic rings. The van der Waals surface area contributed by atoms with E-state index in [1.54, 1.807) is 12.4 Å². The summed E-state index contributed by atoms with van der Waals surface area (Å²) in [5.41, 5.74) is -0.381. The van der Waals surface area contributed by atoms with Gasteiger partial charge in [0, 0.05) is 37.6 Å². The second kappa shape index (κ2) is 4.26. The summed E-state index contributed by atoms with van der Waals surface area (Å²) in [6.45, 7) is 6.37. The predicted molar refractivity (Wildman–Crippen MR) is 58.2 cm³/mol. The lowest BCUT2D eigenvalue weighted by atomic mass is 9.88. The first-order valence-electron chi connectivity index (χ1n) is 5.13. The van der Waals surface area contributed by atoms with Gasteiger partial charge >= 0.3 is 0 Å². The highest BCUT2D eigenvalue weighted by molar-refractivity contribution is 5.22. The first-order chi connectivity index (χ1) is 7.21. The van der Waals surface area contributed by atoms with Crippen molar-refractivity contribution in [2.45, 2.75) is 11.6 Å². The summed E-state index contributed by atoms with van der Waals surface area (Å²) in [5, 5.41) is 16.8. The molecule has 0 bridgehead atoms. The van der Waals surface area contributed by atoms with E-state index in [-0.39, 0.29) is 6.04 Å². The zero-order valence-corrected chi connectivity index (χ0v) is 8.61. The SMILES string of the molecule is [CH2]C(O)(c1cccnc1)C1CNCCN1. The first kappa shape index (κ1) is 10.5. The summed E-state index contributed by atoms with van der Waals surface area (Å²) in [6.07, 6.45) is 3.34. The van der Waals surface area contributed by atoms with Crippen LogP contribution in [0.3, 0.4) is 0 Å².